The van der Waals surface area contributed by atoms with Crippen molar-refractivity contribution in [3.05, 3.63) is 77.2 Å². The number of imidazole rings is 1. The standard InChI is InChI=1S/C22H16N2O5S/c1-24-12-23-11-17(24)20(28)22-21(16-8-5-14(25)10-18(16)30-22)29-15-6-2-13(3-7-15)4-9-19(26)27/h2-12,25H,1H3,(H,26,27)/b9-4+. The predicted molar refractivity (Wildman–Crippen MR) is 113 cm³/mol. The number of nitrogens with zero attached hydrogens (tertiary/aromatic N) is 2. The molecule has 2 N–H and O–H groups in total. The van der Waals surface area contributed by atoms with E-state index in [-0.39, 0.29) is 11.5 Å². The molecule has 2 heterocycles. The number of carbonyl (C=O) groups is 2. The van der Waals surface area contributed by atoms with Crippen LogP contribution in [0.15, 0.2) is 61.1 Å². The predicted octanol–water partition coefficient (Wildman–Crippen LogP) is 4.46. The van der Waals surface area contributed by atoms with Gasteiger partial charge in [-0.05, 0) is 42.0 Å². The number of benzene rings is 2. The highest BCUT2D eigenvalue weighted by Crippen LogP contribution is 2.42. The molecule has 0 atom stereocenters. The van der Waals surface area contributed by atoms with Gasteiger partial charge in [-0.25, -0.2) is 9.78 Å². The summed E-state index contributed by atoms with van der Waals surface area (Å²) in [6, 6.07) is 11.7. The van der Waals surface area contributed by atoms with Crippen LogP contribution in [0.3, 0.4) is 0 Å². The minimum atomic E-state index is -1.03. The number of aliphatic carboxylic acids is 1. The van der Waals surface area contributed by atoms with E-state index in [0.717, 1.165) is 10.8 Å². The molecule has 0 unspecified atom stereocenters. The van der Waals surface area contributed by atoms with E-state index in [1.807, 2.05) is 0 Å². The lowest BCUT2D eigenvalue weighted by atomic mass is 10.1. The molecule has 0 aliphatic heterocycles. The molecule has 7 nitrogen and oxygen atoms in total. The van der Waals surface area contributed by atoms with Gasteiger partial charge in [0.25, 0.3) is 0 Å². The van der Waals surface area contributed by atoms with Crippen molar-refractivity contribution in [1.29, 1.82) is 0 Å². The molecule has 0 amide bonds. The fourth-order valence-electron chi connectivity index (χ4n) is 2.94. The number of ether oxygens (including phenoxy) is 1. The molecule has 2 aromatic heterocycles. The number of hydrogen-bond acceptors (Lipinski definition) is 6. The number of rotatable bonds is 6. The Morgan fingerprint density at radius 3 is 2.60 bits per heavy atom. The van der Waals surface area contributed by atoms with Crippen molar-refractivity contribution in [2.45, 2.75) is 0 Å². The number of carbonyl (C=O) groups excluding carboxylic acids is 1. The molecule has 0 saturated heterocycles. The van der Waals surface area contributed by atoms with Crippen molar-refractivity contribution in [3.63, 3.8) is 0 Å². The van der Waals surface area contributed by atoms with E-state index in [0.29, 0.717) is 33.0 Å². The molecule has 150 valence electrons. The van der Waals surface area contributed by atoms with Crippen LogP contribution in [0.1, 0.15) is 20.9 Å². The molecule has 8 heteroatoms. The number of ketones is 1. The topological polar surface area (TPSA) is 102 Å². The van der Waals surface area contributed by atoms with Gasteiger partial charge in [0, 0.05) is 23.2 Å². The molecule has 0 saturated carbocycles. The van der Waals surface area contributed by atoms with Crippen molar-refractivity contribution in [1.82, 2.24) is 9.55 Å². The van der Waals surface area contributed by atoms with E-state index in [1.54, 1.807) is 60.4 Å². The summed E-state index contributed by atoms with van der Waals surface area (Å²) in [5.41, 5.74) is 1.13. The summed E-state index contributed by atoms with van der Waals surface area (Å²) in [5, 5.41) is 19.3. The number of aryl methyl sites for hydroxylation is 1. The zero-order chi connectivity index (χ0) is 21.3. The zero-order valence-electron chi connectivity index (χ0n) is 15.8. The quantitative estimate of drug-likeness (QED) is 0.353. The lowest BCUT2D eigenvalue weighted by Crippen LogP contribution is -2.06. The van der Waals surface area contributed by atoms with Crippen LogP contribution in [-0.2, 0) is 11.8 Å². The maximum Gasteiger partial charge on any atom is 0.328 e. The maximum atomic E-state index is 13.1. The third-order valence-corrected chi connectivity index (χ3v) is 5.53. The van der Waals surface area contributed by atoms with E-state index in [2.05, 4.69) is 4.98 Å². The first-order chi connectivity index (χ1) is 14.4. The first-order valence-corrected chi connectivity index (χ1v) is 9.69. The van der Waals surface area contributed by atoms with Gasteiger partial charge in [-0.1, -0.05) is 12.1 Å². The summed E-state index contributed by atoms with van der Waals surface area (Å²) < 4.78 is 8.44. The van der Waals surface area contributed by atoms with Crippen LogP contribution < -0.4 is 4.74 Å². The second-order valence-electron chi connectivity index (χ2n) is 6.50. The van der Waals surface area contributed by atoms with Crippen molar-refractivity contribution in [3.8, 4) is 17.2 Å². The van der Waals surface area contributed by atoms with Crippen LogP contribution >= 0.6 is 11.3 Å². The Balaban J connectivity index is 1.75. The molecular formula is C22H16N2O5S. The lowest BCUT2D eigenvalue weighted by molar-refractivity contribution is -0.131. The Labute approximate surface area is 175 Å². The second kappa shape index (κ2) is 7.84. The van der Waals surface area contributed by atoms with Crippen LogP contribution in [0.2, 0.25) is 0 Å². The summed E-state index contributed by atoms with van der Waals surface area (Å²) in [5.74, 6) is -0.262. The molecule has 0 aliphatic carbocycles. The van der Waals surface area contributed by atoms with Crippen LogP contribution in [-0.4, -0.2) is 31.5 Å². The van der Waals surface area contributed by atoms with Gasteiger partial charge in [0.2, 0.25) is 5.78 Å². The van der Waals surface area contributed by atoms with Gasteiger partial charge in [-0.2, -0.15) is 0 Å². The van der Waals surface area contributed by atoms with Crippen LogP contribution in [0, 0.1) is 0 Å². The average molecular weight is 420 g/mol. The normalized spacial score (nSPS) is 11.2. The summed E-state index contributed by atoms with van der Waals surface area (Å²) in [4.78, 5) is 28.2. The van der Waals surface area contributed by atoms with Crippen LogP contribution in [0.25, 0.3) is 16.2 Å². The molecule has 30 heavy (non-hydrogen) atoms. The number of thiophene rings is 1. The molecule has 0 fully saturated rings. The number of fused-ring (bicyclic) bond motifs is 1. The largest absolute Gasteiger partial charge is 0.508 e. The summed E-state index contributed by atoms with van der Waals surface area (Å²) >= 11 is 1.23. The number of aromatic hydroxyl groups is 1. The molecule has 0 spiro atoms. The van der Waals surface area contributed by atoms with Crippen molar-refractivity contribution >= 4 is 39.3 Å². The summed E-state index contributed by atoms with van der Waals surface area (Å²) in [6.45, 7) is 0. The van der Waals surface area contributed by atoms with Crippen molar-refractivity contribution < 1.29 is 24.5 Å². The van der Waals surface area contributed by atoms with Gasteiger partial charge in [-0.3, -0.25) is 4.79 Å². The van der Waals surface area contributed by atoms with Gasteiger partial charge in [0.1, 0.15) is 22.1 Å². The van der Waals surface area contributed by atoms with Gasteiger partial charge in [0.05, 0.1) is 12.5 Å². The first-order valence-electron chi connectivity index (χ1n) is 8.88. The van der Waals surface area contributed by atoms with E-state index < -0.39 is 5.97 Å². The maximum absolute atomic E-state index is 13.1. The molecule has 4 aromatic rings. The van der Waals surface area contributed by atoms with Gasteiger partial charge in [-0.15, -0.1) is 11.3 Å². The Bertz CT molecular complexity index is 1280. The minimum absolute atomic E-state index is 0.101. The Morgan fingerprint density at radius 2 is 1.93 bits per heavy atom. The SMILES string of the molecule is Cn1cncc1C(=O)c1sc2cc(O)ccc2c1Oc1ccc(/C=C/C(=O)O)cc1. The van der Waals surface area contributed by atoms with Crippen LogP contribution in [0.5, 0.6) is 17.2 Å². The molecule has 0 aliphatic rings. The van der Waals surface area contributed by atoms with E-state index in [4.69, 9.17) is 9.84 Å². The Kier molecular flexibility index (Phi) is 5.07. The Morgan fingerprint density at radius 1 is 1.17 bits per heavy atom. The smallest absolute Gasteiger partial charge is 0.328 e. The van der Waals surface area contributed by atoms with E-state index >= 15 is 0 Å². The number of phenols is 1. The van der Waals surface area contributed by atoms with Gasteiger partial charge >= 0.3 is 5.97 Å². The summed E-state index contributed by atoms with van der Waals surface area (Å²) in [6.07, 6.45) is 5.58. The minimum Gasteiger partial charge on any atom is -0.508 e. The monoisotopic (exact) mass is 420 g/mol. The molecule has 4 rings (SSSR count). The number of hydrogen-bond donors (Lipinski definition) is 2. The molecule has 2 aromatic carbocycles. The highest BCUT2D eigenvalue weighted by Gasteiger charge is 2.24. The number of carboxylic acids is 1. The van der Waals surface area contributed by atoms with Crippen molar-refractivity contribution in [2.75, 3.05) is 0 Å². The fourth-order valence-corrected chi connectivity index (χ4v) is 4.05. The highest BCUT2D eigenvalue weighted by molar-refractivity contribution is 7.21. The molecule has 0 radical (unpaired) electrons. The van der Waals surface area contributed by atoms with E-state index in [1.165, 1.54) is 23.6 Å². The number of carboxylic acid groups (broad SMARTS) is 1. The third kappa shape index (κ3) is 3.81. The third-order valence-electron chi connectivity index (χ3n) is 4.40. The lowest BCUT2D eigenvalue weighted by Gasteiger charge is -2.08. The van der Waals surface area contributed by atoms with Gasteiger partial charge in [0.15, 0.2) is 5.75 Å². The molecular weight excluding hydrogens is 404 g/mol. The Hall–Kier alpha value is -3.91. The summed E-state index contributed by atoms with van der Waals surface area (Å²) in [7, 11) is 1.74. The average Bonchev–Trinajstić information content (AvgIpc) is 3.30. The zero-order valence-corrected chi connectivity index (χ0v) is 16.6. The number of phenolic OH excluding ortho intramolecular Hbond substituents is 1. The second-order valence-corrected chi connectivity index (χ2v) is 7.55. The molecule has 0 bridgehead atoms. The number of aromatic nitrogens is 2. The van der Waals surface area contributed by atoms with Crippen molar-refractivity contribution in [2.24, 2.45) is 7.05 Å². The highest BCUT2D eigenvalue weighted by atomic mass is 32.1. The first kappa shape index (κ1) is 19.4. The fraction of sp³-hybridized carbons (Fsp3) is 0.0455. The van der Waals surface area contributed by atoms with Crippen LogP contribution in [0.4, 0.5) is 0 Å². The van der Waals surface area contributed by atoms with Gasteiger partial charge < -0.3 is 19.5 Å². The van der Waals surface area contributed by atoms with E-state index in [9.17, 15) is 14.7 Å².